The number of rotatable bonds is 3. The van der Waals surface area contributed by atoms with Crippen LogP contribution in [0.4, 0.5) is 4.79 Å². The minimum absolute atomic E-state index is 0.147. The second kappa shape index (κ2) is 5.76. The lowest BCUT2D eigenvalue weighted by Gasteiger charge is -2.35. The molecule has 1 aromatic rings. The molecule has 0 unspecified atom stereocenters. The van der Waals surface area contributed by atoms with Crippen LogP contribution in [0.2, 0.25) is 0 Å². The molecule has 1 heterocycles. The Bertz CT molecular complexity index is 530. The van der Waals surface area contributed by atoms with E-state index >= 15 is 0 Å². The summed E-state index contributed by atoms with van der Waals surface area (Å²) in [5.41, 5.74) is 0.932. The molecule has 1 N–H and O–H groups in total. The number of hydrogen-bond acceptors (Lipinski definition) is 3. The maximum absolute atomic E-state index is 12.2. The van der Waals surface area contributed by atoms with Gasteiger partial charge in [0.1, 0.15) is 6.61 Å². The summed E-state index contributed by atoms with van der Waals surface area (Å²) in [4.78, 5) is 25.2. The van der Waals surface area contributed by atoms with Gasteiger partial charge in [-0.1, -0.05) is 30.3 Å². The van der Waals surface area contributed by atoms with E-state index in [2.05, 4.69) is 0 Å². The highest BCUT2D eigenvalue weighted by Gasteiger charge is 2.45. The van der Waals surface area contributed by atoms with Crippen molar-refractivity contribution in [3.05, 3.63) is 35.9 Å². The normalized spacial score (nSPS) is 27.4. The number of fused-ring (bicyclic) bond motifs is 2. The van der Waals surface area contributed by atoms with Crippen LogP contribution in [-0.2, 0) is 16.1 Å². The van der Waals surface area contributed by atoms with Crippen LogP contribution in [0.15, 0.2) is 30.3 Å². The molecule has 0 spiro atoms. The third kappa shape index (κ3) is 2.86. The summed E-state index contributed by atoms with van der Waals surface area (Å²) < 4.78 is 5.34. The summed E-state index contributed by atoms with van der Waals surface area (Å²) in [6, 6.07) is 9.64. The summed E-state index contributed by atoms with van der Waals surface area (Å²) in [5, 5.41) is 9.29. The van der Waals surface area contributed by atoms with Gasteiger partial charge in [-0.2, -0.15) is 0 Å². The highest BCUT2D eigenvalue weighted by Crippen LogP contribution is 2.40. The molecule has 2 bridgehead atoms. The van der Waals surface area contributed by atoms with Gasteiger partial charge in [-0.15, -0.1) is 0 Å². The SMILES string of the molecule is O=C(O)[C@@H]1CN(C(=O)OCc2ccccc2)[C@@H]2CC[C@H]1C2. The van der Waals surface area contributed by atoms with Crippen LogP contribution >= 0.6 is 0 Å². The van der Waals surface area contributed by atoms with Crippen LogP contribution in [0.5, 0.6) is 0 Å². The second-order valence-electron chi connectivity index (χ2n) is 5.86. The Balaban J connectivity index is 1.62. The number of benzene rings is 1. The lowest BCUT2D eigenvalue weighted by atomic mass is 9.87. The highest BCUT2D eigenvalue weighted by molar-refractivity contribution is 5.74. The molecule has 2 aliphatic rings. The lowest BCUT2D eigenvalue weighted by Crippen LogP contribution is -2.48. The Kier molecular flexibility index (Phi) is 3.82. The zero-order chi connectivity index (χ0) is 14.8. The third-order valence-corrected chi connectivity index (χ3v) is 4.61. The number of piperidine rings is 1. The van der Waals surface area contributed by atoms with Gasteiger partial charge in [-0.25, -0.2) is 4.79 Å². The van der Waals surface area contributed by atoms with Gasteiger partial charge in [0.25, 0.3) is 0 Å². The fourth-order valence-corrected chi connectivity index (χ4v) is 3.46. The highest BCUT2D eigenvalue weighted by atomic mass is 16.6. The quantitative estimate of drug-likeness (QED) is 0.928. The van der Waals surface area contributed by atoms with Crippen LogP contribution in [0.25, 0.3) is 0 Å². The first-order valence-electron chi connectivity index (χ1n) is 7.35. The number of carbonyl (C=O) groups excluding carboxylic acids is 1. The number of hydrogen-bond donors (Lipinski definition) is 1. The van der Waals surface area contributed by atoms with Crippen LogP contribution in [0.1, 0.15) is 24.8 Å². The van der Waals surface area contributed by atoms with Gasteiger partial charge in [0.05, 0.1) is 5.92 Å². The Morgan fingerprint density at radius 2 is 2.00 bits per heavy atom. The first-order valence-corrected chi connectivity index (χ1v) is 7.35. The molecule has 3 rings (SSSR count). The molecule has 2 fully saturated rings. The van der Waals surface area contributed by atoms with Crippen molar-refractivity contribution in [2.24, 2.45) is 11.8 Å². The number of carboxylic acids is 1. The molecule has 5 heteroatoms. The Labute approximate surface area is 123 Å². The number of ether oxygens (including phenoxy) is 1. The average molecular weight is 289 g/mol. The van der Waals surface area contributed by atoms with E-state index in [1.165, 1.54) is 0 Å². The van der Waals surface area contributed by atoms with E-state index in [-0.39, 0.29) is 25.1 Å². The van der Waals surface area contributed by atoms with Gasteiger partial charge in [0.2, 0.25) is 0 Å². The van der Waals surface area contributed by atoms with Crippen molar-refractivity contribution in [3.8, 4) is 0 Å². The van der Waals surface area contributed by atoms with Gasteiger partial charge >= 0.3 is 12.1 Å². The van der Waals surface area contributed by atoms with Gasteiger partial charge in [0.15, 0.2) is 0 Å². The molecular weight excluding hydrogens is 270 g/mol. The summed E-state index contributed by atoms with van der Waals surface area (Å²) in [6.45, 7) is 0.502. The van der Waals surface area contributed by atoms with E-state index in [1.54, 1.807) is 4.90 Å². The number of likely N-dealkylation sites (tertiary alicyclic amines) is 1. The molecule has 1 aliphatic heterocycles. The maximum atomic E-state index is 12.2. The van der Waals surface area contributed by atoms with Crippen molar-refractivity contribution in [2.75, 3.05) is 6.54 Å². The summed E-state index contributed by atoms with van der Waals surface area (Å²) in [6.07, 6.45) is 2.17. The van der Waals surface area contributed by atoms with E-state index < -0.39 is 18.0 Å². The lowest BCUT2D eigenvalue weighted by molar-refractivity contribution is -0.145. The van der Waals surface area contributed by atoms with E-state index in [1.807, 2.05) is 30.3 Å². The van der Waals surface area contributed by atoms with Crippen molar-refractivity contribution in [3.63, 3.8) is 0 Å². The number of aliphatic carboxylic acids is 1. The predicted octanol–water partition coefficient (Wildman–Crippen LogP) is 2.51. The standard InChI is InChI=1S/C16H19NO4/c18-15(19)14-9-17(13-7-6-12(14)8-13)16(20)21-10-11-4-2-1-3-5-11/h1-5,12-14H,6-10H2,(H,18,19)/t12-,13+,14+/m0/s1. The van der Waals surface area contributed by atoms with Crippen LogP contribution in [-0.4, -0.2) is 34.7 Å². The summed E-state index contributed by atoms with van der Waals surface area (Å²) in [5.74, 6) is -1.04. The fraction of sp³-hybridized carbons (Fsp3) is 0.500. The average Bonchev–Trinajstić information content (AvgIpc) is 2.89. The van der Waals surface area contributed by atoms with Crippen LogP contribution in [0.3, 0.4) is 0 Å². The van der Waals surface area contributed by atoms with Crippen molar-refractivity contribution in [1.29, 1.82) is 0 Å². The molecule has 5 nitrogen and oxygen atoms in total. The summed E-state index contributed by atoms with van der Waals surface area (Å²) >= 11 is 0. The van der Waals surface area contributed by atoms with Gasteiger partial charge in [-0.3, -0.25) is 4.79 Å². The first kappa shape index (κ1) is 13.9. The van der Waals surface area contributed by atoms with E-state index in [9.17, 15) is 14.7 Å². The van der Waals surface area contributed by atoms with E-state index in [4.69, 9.17) is 4.74 Å². The number of carbonyl (C=O) groups is 2. The predicted molar refractivity (Wildman–Crippen MR) is 75.6 cm³/mol. The smallest absolute Gasteiger partial charge is 0.410 e. The van der Waals surface area contributed by atoms with Gasteiger partial charge in [-0.05, 0) is 30.7 Å². The van der Waals surface area contributed by atoms with E-state index in [0.29, 0.717) is 0 Å². The molecule has 3 atom stereocenters. The molecular formula is C16H19NO4. The molecule has 112 valence electrons. The number of amides is 1. The Morgan fingerprint density at radius 3 is 2.71 bits per heavy atom. The number of nitrogens with zero attached hydrogens (tertiary/aromatic N) is 1. The molecule has 1 saturated carbocycles. The largest absolute Gasteiger partial charge is 0.481 e. The zero-order valence-corrected chi connectivity index (χ0v) is 11.8. The molecule has 1 saturated heterocycles. The van der Waals surface area contributed by atoms with Crippen LogP contribution < -0.4 is 0 Å². The van der Waals surface area contributed by atoms with Crippen molar-refractivity contribution >= 4 is 12.1 Å². The molecule has 1 aliphatic carbocycles. The molecule has 0 aromatic heterocycles. The topological polar surface area (TPSA) is 66.8 Å². The maximum Gasteiger partial charge on any atom is 0.410 e. The summed E-state index contributed by atoms with van der Waals surface area (Å²) in [7, 11) is 0. The molecule has 0 radical (unpaired) electrons. The van der Waals surface area contributed by atoms with E-state index in [0.717, 1.165) is 24.8 Å². The third-order valence-electron chi connectivity index (χ3n) is 4.61. The minimum atomic E-state index is -0.804. The molecule has 1 amide bonds. The van der Waals surface area contributed by atoms with Crippen molar-refractivity contribution < 1.29 is 19.4 Å². The minimum Gasteiger partial charge on any atom is -0.481 e. The second-order valence-corrected chi connectivity index (χ2v) is 5.86. The Morgan fingerprint density at radius 1 is 1.24 bits per heavy atom. The molecule has 1 aromatic carbocycles. The number of carboxylic acid groups (broad SMARTS) is 1. The van der Waals surface area contributed by atoms with Crippen molar-refractivity contribution in [1.82, 2.24) is 4.90 Å². The fourth-order valence-electron chi connectivity index (χ4n) is 3.46. The first-order chi connectivity index (χ1) is 10.1. The molecule has 21 heavy (non-hydrogen) atoms. The zero-order valence-electron chi connectivity index (χ0n) is 11.8. The van der Waals surface area contributed by atoms with Crippen molar-refractivity contribution in [2.45, 2.75) is 31.9 Å². The van der Waals surface area contributed by atoms with Gasteiger partial charge in [0, 0.05) is 12.6 Å². The van der Waals surface area contributed by atoms with Crippen LogP contribution in [0, 0.1) is 11.8 Å². The Hall–Kier alpha value is -2.04. The van der Waals surface area contributed by atoms with Gasteiger partial charge < -0.3 is 14.7 Å². The monoisotopic (exact) mass is 289 g/mol.